The van der Waals surface area contributed by atoms with Gasteiger partial charge in [-0.1, -0.05) is 6.07 Å². The van der Waals surface area contributed by atoms with Crippen LogP contribution in [0.1, 0.15) is 29.3 Å². The maximum Gasteiger partial charge on any atom is 0.306 e. The molecule has 0 aliphatic carbocycles. The number of likely N-dealkylation sites (tertiary alicyclic amines) is 1. The van der Waals surface area contributed by atoms with Gasteiger partial charge in [-0.25, -0.2) is 0 Å². The molecule has 2 heterocycles. The first-order valence-electron chi connectivity index (χ1n) is 8.89. The Labute approximate surface area is 163 Å². The molecule has 1 N–H and O–H groups in total. The van der Waals surface area contributed by atoms with Gasteiger partial charge < -0.3 is 19.3 Å². The van der Waals surface area contributed by atoms with E-state index in [1.807, 2.05) is 18.2 Å². The van der Waals surface area contributed by atoms with E-state index in [1.165, 1.54) is 4.88 Å². The lowest BCUT2D eigenvalue weighted by atomic mass is 9.93. The Morgan fingerprint density at radius 2 is 1.78 bits per heavy atom. The number of hydrogen-bond donors (Lipinski definition) is 1. The second kappa shape index (κ2) is 8.63. The van der Waals surface area contributed by atoms with E-state index in [0.717, 1.165) is 18.7 Å². The van der Waals surface area contributed by atoms with Crippen LogP contribution < -0.4 is 14.2 Å². The van der Waals surface area contributed by atoms with Gasteiger partial charge in [0, 0.05) is 4.88 Å². The smallest absolute Gasteiger partial charge is 0.306 e. The zero-order chi connectivity index (χ0) is 19.4. The van der Waals surface area contributed by atoms with Crippen molar-refractivity contribution in [2.75, 3.05) is 34.4 Å². The molecule has 1 aromatic carbocycles. The summed E-state index contributed by atoms with van der Waals surface area (Å²) < 4.78 is 16.5. The third-order valence-corrected chi connectivity index (χ3v) is 5.98. The van der Waals surface area contributed by atoms with E-state index in [4.69, 9.17) is 14.2 Å². The van der Waals surface area contributed by atoms with Gasteiger partial charge in [-0.2, -0.15) is 0 Å². The minimum Gasteiger partial charge on any atom is -0.493 e. The molecule has 1 aliphatic heterocycles. The zero-order valence-electron chi connectivity index (χ0n) is 15.8. The molecule has 1 aromatic heterocycles. The van der Waals surface area contributed by atoms with E-state index >= 15 is 0 Å². The van der Waals surface area contributed by atoms with Crippen LogP contribution in [0.4, 0.5) is 0 Å². The van der Waals surface area contributed by atoms with E-state index < -0.39 is 5.97 Å². The number of piperidine rings is 1. The van der Waals surface area contributed by atoms with Gasteiger partial charge in [0.1, 0.15) is 0 Å². The van der Waals surface area contributed by atoms with Gasteiger partial charge in [0.2, 0.25) is 5.75 Å². The number of benzene rings is 1. The first-order valence-corrected chi connectivity index (χ1v) is 9.77. The number of ether oxygens (including phenoxy) is 3. The first kappa shape index (κ1) is 19.5. The average molecular weight is 391 g/mol. The van der Waals surface area contributed by atoms with Gasteiger partial charge in [0.15, 0.2) is 11.5 Å². The first-order chi connectivity index (χ1) is 13.1. The molecule has 0 saturated carbocycles. The molecule has 146 valence electrons. The van der Waals surface area contributed by atoms with Gasteiger partial charge in [-0.05, 0) is 55.1 Å². The van der Waals surface area contributed by atoms with Crippen LogP contribution in [0.5, 0.6) is 17.2 Å². The monoisotopic (exact) mass is 391 g/mol. The highest BCUT2D eigenvalue weighted by Gasteiger charge is 2.31. The average Bonchev–Trinajstić information content (AvgIpc) is 3.21. The van der Waals surface area contributed by atoms with Crippen LogP contribution >= 0.6 is 11.3 Å². The molecule has 0 radical (unpaired) electrons. The number of carbonyl (C=O) groups is 1. The van der Waals surface area contributed by atoms with E-state index in [1.54, 1.807) is 32.7 Å². The van der Waals surface area contributed by atoms with Crippen LogP contribution in [-0.2, 0) is 4.79 Å². The molecule has 0 amide bonds. The van der Waals surface area contributed by atoms with Crippen LogP contribution in [0, 0.1) is 5.92 Å². The predicted molar refractivity (Wildman–Crippen MR) is 104 cm³/mol. The second-order valence-corrected chi connectivity index (χ2v) is 7.50. The molecule has 1 fully saturated rings. The van der Waals surface area contributed by atoms with Crippen molar-refractivity contribution in [1.82, 2.24) is 4.90 Å². The van der Waals surface area contributed by atoms with E-state index in [-0.39, 0.29) is 12.0 Å². The summed E-state index contributed by atoms with van der Waals surface area (Å²) in [5.41, 5.74) is 1.04. The summed E-state index contributed by atoms with van der Waals surface area (Å²) in [4.78, 5) is 14.8. The van der Waals surface area contributed by atoms with Gasteiger partial charge in [-0.15, -0.1) is 11.3 Å². The zero-order valence-corrected chi connectivity index (χ0v) is 16.6. The fourth-order valence-corrected chi connectivity index (χ4v) is 4.55. The van der Waals surface area contributed by atoms with Crippen molar-refractivity contribution in [3.05, 3.63) is 40.1 Å². The Balaban J connectivity index is 1.99. The second-order valence-electron chi connectivity index (χ2n) is 6.53. The number of thiophene rings is 1. The molecule has 1 atom stereocenters. The largest absolute Gasteiger partial charge is 0.493 e. The van der Waals surface area contributed by atoms with Crippen molar-refractivity contribution >= 4 is 17.3 Å². The van der Waals surface area contributed by atoms with Crippen LogP contribution in [0.2, 0.25) is 0 Å². The normalized spacial score (nSPS) is 16.7. The number of aliphatic carboxylic acids is 1. The van der Waals surface area contributed by atoms with Crippen LogP contribution in [0.3, 0.4) is 0 Å². The van der Waals surface area contributed by atoms with Crippen molar-refractivity contribution < 1.29 is 24.1 Å². The summed E-state index contributed by atoms with van der Waals surface area (Å²) in [7, 11) is 4.81. The molecule has 7 heteroatoms. The Kier molecular flexibility index (Phi) is 6.23. The number of hydrogen-bond acceptors (Lipinski definition) is 6. The minimum absolute atomic E-state index is 0.0217. The highest BCUT2D eigenvalue weighted by molar-refractivity contribution is 7.10. The lowest BCUT2D eigenvalue weighted by molar-refractivity contribution is -0.143. The van der Waals surface area contributed by atoms with Gasteiger partial charge in [0.25, 0.3) is 0 Å². The number of carboxylic acid groups (broad SMARTS) is 1. The molecule has 1 unspecified atom stereocenters. The SMILES string of the molecule is COc1cc(C(c2cccs2)N2CCC(C(=O)O)CC2)cc(OC)c1OC. The van der Waals surface area contributed by atoms with Crippen LogP contribution in [-0.4, -0.2) is 50.4 Å². The Morgan fingerprint density at radius 1 is 1.15 bits per heavy atom. The van der Waals surface area contributed by atoms with Crippen LogP contribution in [0.15, 0.2) is 29.6 Å². The molecule has 1 saturated heterocycles. The van der Waals surface area contributed by atoms with Crippen molar-refractivity contribution in [2.45, 2.75) is 18.9 Å². The molecule has 1 aliphatic rings. The summed E-state index contributed by atoms with van der Waals surface area (Å²) in [5, 5.41) is 11.4. The standard InChI is InChI=1S/C20H25NO5S/c1-24-15-11-14(12-16(25-2)19(15)26-3)18(17-5-4-10-27-17)21-8-6-13(7-9-21)20(22)23/h4-5,10-13,18H,6-9H2,1-3H3,(H,22,23). The highest BCUT2D eigenvalue weighted by atomic mass is 32.1. The molecular weight excluding hydrogens is 366 g/mol. The fraction of sp³-hybridized carbons (Fsp3) is 0.450. The molecular formula is C20H25NO5S. The van der Waals surface area contributed by atoms with Gasteiger partial charge in [0.05, 0.1) is 33.3 Å². The van der Waals surface area contributed by atoms with Crippen molar-refractivity contribution in [2.24, 2.45) is 5.92 Å². The quantitative estimate of drug-likeness (QED) is 0.777. The lowest BCUT2D eigenvalue weighted by Gasteiger charge is -2.36. The third-order valence-electron chi connectivity index (χ3n) is 5.06. The molecule has 0 spiro atoms. The molecule has 2 aromatic rings. The topological polar surface area (TPSA) is 68.2 Å². The summed E-state index contributed by atoms with van der Waals surface area (Å²) in [6.45, 7) is 1.46. The lowest BCUT2D eigenvalue weighted by Crippen LogP contribution is -2.39. The van der Waals surface area contributed by atoms with Crippen molar-refractivity contribution in [3.63, 3.8) is 0 Å². The highest BCUT2D eigenvalue weighted by Crippen LogP contribution is 2.43. The molecule has 3 rings (SSSR count). The Hall–Kier alpha value is -2.25. The molecule has 0 bridgehead atoms. The minimum atomic E-state index is -0.699. The number of methoxy groups -OCH3 is 3. The van der Waals surface area contributed by atoms with E-state index in [0.29, 0.717) is 30.1 Å². The van der Waals surface area contributed by atoms with Gasteiger partial charge in [-0.3, -0.25) is 9.69 Å². The fourth-order valence-electron chi connectivity index (χ4n) is 3.67. The number of nitrogens with zero attached hydrogens (tertiary/aromatic N) is 1. The molecule has 6 nitrogen and oxygen atoms in total. The number of rotatable bonds is 7. The Bertz CT molecular complexity index is 744. The summed E-state index contributed by atoms with van der Waals surface area (Å²) in [6, 6.07) is 8.13. The molecule has 27 heavy (non-hydrogen) atoms. The maximum absolute atomic E-state index is 11.3. The third kappa shape index (κ3) is 4.04. The van der Waals surface area contributed by atoms with Crippen molar-refractivity contribution in [1.29, 1.82) is 0 Å². The number of carboxylic acids is 1. The maximum atomic E-state index is 11.3. The summed E-state index contributed by atoms with van der Waals surface area (Å²) in [6.07, 6.45) is 1.31. The van der Waals surface area contributed by atoms with Crippen molar-refractivity contribution in [3.8, 4) is 17.2 Å². The van der Waals surface area contributed by atoms with Crippen LogP contribution in [0.25, 0.3) is 0 Å². The predicted octanol–water partition coefficient (Wildman–Crippen LogP) is 3.66. The van der Waals surface area contributed by atoms with Gasteiger partial charge >= 0.3 is 5.97 Å². The van der Waals surface area contributed by atoms with E-state index in [9.17, 15) is 9.90 Å². The van der Waals surface area contributed by atoms with E-state index in [2.05, 4.69) is 16.3 Å². The Morgan fingerprint density at radius 3 is 2.22 bits per heavy atom. The summed E-state index contributed by atoms with van der Waals surface area (Å²) in [5.74, 6) is 0.848. The summed E-state index contributed by atoms with van der Waals surface area (Å²) >= 11 is 1.69.